The lowest BCUT2D eigenvalue weighted by molar-refractivity contribution is 0.437. The highest BCUT2D eigenvalue weighted by Crippen LogP contribution is 2.36. The molecule has 0 N–H and O–H groups in total. The smallest absolute Gasteiger partial charge is 0.345 e. The summed E-state index contributed by atoms with van der Waals surface area (Å²) in [5.41, 5.74) is 0.600. The molecular weight excluding hydrogens is 286 g/mol. The zero-order chi connectivity index (χ0) is 13.7. The summed E-state index contributed by atoms with van der Waals surface area (Å²) in [6.45, 7) is 0. The normalized spacial score (nSPS) is 27.6. The number of hydrogen-bond donors (Lipinski definition) is 0. The van der Waals surface area contributed by atoms with Crippen LogP contribution in [0.15, 0.2) is 28.3 Å². The average Bonchev–Trinajstić information content (AvgIpc) is 2.75. The van der Waals surface area contributed by atoms with Gasteiger partial charge in [-0.15, -0.1) is 0 Å². The molecule has 6 heteroatoms. The van der Waals surface area contributed by atoms with E-state index in [1.165, 1.54) is 0 Å². The highest BCUT2D eigenvalue weighted by atomic mass is 32.2. The van der Waals surface area contributed by atoms with Gasteiger partial charge in [-0.25, -0.2) is 0 Å². The van der Waals surface area contributed by atoms with E-state index in [2.05, 4.69) is 9.97 Å². The van der Waals surface area contributed by atoms with Crippen LogP contribution in [-0.2, 0) is 11.2 Å². The van der Waals surface area contributed by atoms with Crippen LogP contribution in [0.2, 0.25) is 0 Å². The first-order chi connectivity index (χ1) is 9.75. The molecule has 3 unspecified atom stereocenters. The zero-order valence-electron chi connectivity index (χ0n) is 11.0. The Hall–Kier alpha value is -1.40. The van der Waals surface area contributed by atoms with Gasteiger partial charge >= 0.3 is 5.16 Å². The van der Waals surface area contributed by atoms with Crippen molar-refractivity contribution in [1.29, 1.82) is 0 Å². The Labute approximate surface area is 126 Å². The Balaban J connectivity index is 0.00000132. The molecule has 4 rings (SSSR count). The van der Waals surface area contributed by atoms with Crippen LogP contribution >= 0.6 is 0 Å². The summed E-state index contributed by atoms with van der Waals surface area (Å²) in [6.07, 6.45) is 6.73. The van der Waals surface area contributed by atoms with Gasteiger partial charge in [-0.05, 0) is 25.3 Å². The second-order valence-electron chi connectivity index (χ2n) is 5.51. The van der Waals surface area contributed by atoms with Gasteiger partial charge in [0.25, 0.3) is 5.56 Å². The third-order valence-electron chi connectivity index (χ3n) is 4.35. The molecule has 2 aliphatic rings. The van der Waals surface area contributed by atoms with Crippen molar-refractivity contribution in [1.82, 2.24) is 14.5 Å². The van der Waals surface area contributed by atoms with Crippen LogP contribution in [0.3, 0.4) is 0 Å². The number of hydrogen-bond acceptors (Lipinski definition) is 4. The summed E-state index contributed by atoms with van der Waals surface area (Å²) in [6, 6.07) is 3.31. The molecule has 112 valence electrons. The van der Waals surface area contributed by atoms with Gasteiger partial charge in [-0.1, -0.05) is 20.3 Å². The van der Waals surface area contributed by atoms with E-state index in [1.54, 1.807) is 22.9 Å². The van der Waals surface area contributed by atoms with Crippen molar-refractivity contribution in [3.05, 3.63) is 28.7 Å². The molecule has 0 spiro atoms. The highest BCUT2D eigenvalue weighted by Gasteiger charge is 2.40. The molecular formula is C15H19N3O2S. The average molecular weight is 305 g/mol. The van der Waals surface area contributed by atoms with Crippen molar-refractivity contribution in [2.24, 2.45) is 0 Å². The van der Waals surface area contributed by atoms with E-state index in [1.807, 2.05) is 0 Å². The first-order valence-electron chi connectivity index (χ1n) is 7.04. The third kappa shape index (κ3) is 2.17. The number of aromatic nitrogens is 3. The van der Waals surface area contributed by atoms with Gasteiger partial charge < -0.3 is 4.55 Å². The molecule has 1 aliphatic carbocycles. The Morgan fingerprint density at radius 2 is 2.05 bits per heavy atom. The summed E-state index contributed by atoms with van der Waals surface area (Å²) in [4.78, 5) is 21.0. The SMILES string of the molecule is C.O=c1ccc2cnc3nc2n1C1CCCCCC1[S+]3[O-]. The van der Waals surface area contributed by atoms with Crippen LogP contribution in [0, 0.1) is 0 Å². The molecule has 3 atom stereocenters. The van der Waals surface area contributed by atoms with Crippen molar-refractivity contribution in [3.63, 3.8) is 0 Å². The largest absolute Gasteiger partial charge is 0.609 e. The van der Waals surface area contributed by atoms with E-state index in [0.717, 1.165) is 37.5 Å². The lowest BCUT2D eigenvalue weighted by Gasteiger charge is -2.25. The molecule has 2 aromatic rings. The van der Waals surface area contributed by atoms with Crippen LogP contribution in [-0.4, -0.2) is 24.3 Å². The van der Waals surface area contributed by atoms with Gasteiger partial charge in [0.1, 0.15) is 5.25 Å². The lowest BCUT2D eigenvalue weighted by Crippen LogP contribution is -2.35. The van der Waals surface area contributed by atoms with Crippen LogP contribution in [0.1, 0.15) is 45.6 Å². The summed E-state index contributed by atoms with van der Waals surface area (Å²) >= 11 is -1.22. The first-order valence-corrected chi connectivity index (χ1v) is 8.26. The molecule has 3 heterocycles. The van der Waals surface area contributed by atoms with E-state index in [4.69, 9.17) is 0 Å². The molecule has 5 nitrogen and oxygen atoms in total. The minimum absolute atomic E-state index is 0. The number of rotatable bonds is 0. The van der Waals surface area contributed by atoms with Crippen molar-refractivity contribution in [3.8, 4) is 0 Å². The van der Waals surface area contributed by atoms with Crippen LogP contribution in [0.4, 0.5) is 0 Å². The summed E-state index contributed by atoms with van der Waals surface area (Å²) in [5, 5.41) is 1.18. The maximum atomic E-state index is 12.7. The van der Waals surface area contributed by atoms with E-state index in [-0.39, 0.29) is 24.3 Å². The third-order valence-corrected chi connectivity index (χ3v) is 6.01. The van der Waals surface area contributed by atoms with E-state index in [9.17, 15) is 9.35 Å². The van der Waals surface area contributed by atoms with E-state index in [0.29, 0.717) is 10.8 Å². The van der Waals surface area contributed by atoms with Gasteiger partial charge in [0.2, 0.25) is 0 Å². The molecule has 2 bridgehead atoms. The maximum Gasteiger partial charge on any atom is 0.345 e. The van der Waals surface area contributed by atoms with Crippen LogP contribution in [0.25, 0.3) is 11.0 Å². The molecule has 0 aromatic carbocycles. The van der Waals surface area contributed by atoms with Gasteiger partial charge in [0, 0.05) is 28.8 Å². The van der Waals surface area contributed by atoms with Crippen molar-refractivity contribution < 1.29 is 4.55 Å². The van der Waals surface area contributed by atoms with Crippen molar-refractivity contribution in [2.75, 3.05) is 0 Å². The summed E-state index contributed by atoms with van der Waals surface area (Å²) < 4.78 is 14.5. The Bertz CT molecular complexity index is 730. The molecule has 2 aromatic heterocycles. The topological polar surface area (TPSA) is 70.8 Å². The molecule has 1 aliphatic heterocycles. The molecule has 0 amide bonds. The number of pyridine rings is 1. The van der Waals surface area contributed by atoms with E-state index >= 15 is 0 Å². The van der Waals surface area contributed by atoms with Gasteiger partial charge in [-0.2, -0.15) is 9.97 Å². The molecule has 1 fully saturated rings. The minimum atomic E-state index is -1.22. The molecule has 1 saturated carbocycles. The number of fused-ring (bicyclic) bond motifs is 3. The second-order valence-corrected chi connectivity index (χ2v) is 7.08. The number of nitrogens with zero attached hydrogens (tertiary/aromatic N) is 3. The predicted molar refractivity (Wildman–Crippen MR) is 82.8 cm³/mol. The molecule has 21 heavy (non-hydrogen) atoms. The fourth-order valence-corrected chi connectivity index (χ4v) is 4.90. The predicted octanol–water partition coefficient (Wildman–Crippen LogP) is 2.42. The lowest BCUT2D eigenvalue weighted by atomic mass is 10.1. The fourth-order valence-electron chi connectivity index (χ4n) is 3.37. The monoisotopic (exact) mass is 305 g/mol. The zero-order valence-corrected chi connectivity index (χ0v) is 11.8. The minimum Gasteiger partial charge on any atom is -0.609 e. The first kappa shape index (κ1) is 14.5. The summed E-state index contributed by atoms with van der Waals surface area (Å²) in [5.74, 6) is 0. The molecule has 0 radical (unpaired) electrons. The summed E-state index contributed by atoms with van der Waals surface area (Å²) in [7, 11) is 0. The quantitative estimate of drug-likeness (QED) is 0.553. The van der Waals surface area contributed by atoms with Crippen molar-refractivity contribution in [2.45, 2.75) is 56.0 Å². The Morgan fingerprint density at radius 1 is 1.24 bits per heavy atom. The van der Waals surface area contributed by atoms with Crippen LogP contribution in [0.5, 0.6) is 0 Å². The molecule has 0 saturated heterocycles. The highest BCUT2D eigenvalue weighted by molar-refractivity contribution is 7.91. The van der Waals surface area contributed by atoms with Crippen LogP contribution < -0.4 is 5.56 Å². The maximum absolute atomic E-state index is 12.7. The van der Waals surface area contributed by atoms with Crippen molar-refractivity contribution >= 4 is 22.2 Å². The van der Waals surface area contributed by atoms with E-state index < -0.39 is 11.2 Å². The standard InChI is InChI=1S/C14H15N3O2S.CH4/c18-12-7-6-9-8-15-14-16-13(9)17(12)10-4-2-1-3-5-11(10)20(14)19;/h6-8,10-11H,1-5H2;1H4. The van der Waals surface area contributed by atoms with Gasteiger partial charge in [0.15, 0.2) is 5.65 Å². The Morgan fingerprint density at radius 3 is 2.90 bits per heavy atom. The van der Waals surface area contributed by atoms with Gasteiger partial charge in [-0.3, -0.25) is 9.36 Å². The second kappa shape index (κ2) is 5.42. The fraction of sp³-hybridized carbons (Fsp3) is 0.533. The van der Waals surface area contributed by atoms with Gasteiger partial charge in [0.05, 0.1) is 6.04 Å². The Kier molecular flexibility index (Phi) is 3.75.